The highest BCUT2D eigenvalue weighted by molar-refractivity contribution is 7.92. The average Bonchev–Trinajstić information content (AvgIpc) is 2.46. The largest absolute Gasteiger partial charge is 0.351 e. The highest BCUT2D eigenvalue weighted by atomic mass is 35.5. The molecule has 0 saturated heterocycles. The standard InChI is InChI=1S/C18H28Cl2N2O3S/c1-7-16(18(23)21-17(11(2)3)12(4)5)22(26(6,24)25)15-9-13(19)8-14(20)10-15/h8-12,16-17H,7H2,1-6H3,(H,21,23)/t16-/m0/s1. The molecule has 1 aromatic carbocycles. The number of carbonyl (C=O) groups excluding carboxylic acids is 1. The van der Waals surface area contributed by atoms with Crippen molar-refractivity contribution in [1.82, 2.24) is 5.32 Å². The third-order valence-electron chi connectivity index (χ3n) is 4.18. The normalized spacial score (nSPS) is 13.3. The van der Waals surface area contributed by atoms with Crippen LogP contribution in [0.5, 0.6) is 0 Å². The summed E-state index contributed by atoms with van der Waals surface area (Å²) in [6.45, 7) is 9.87. The van der Waals surface area contributed by atoms with Gasteiger partial charge in [0.1, 0.15) is 6.04 Å². The molecular formula is C18H28Cl2N2O3S. The predicted octanol–water partition coefficient (Wildman–Crippen LogP) is 4.33. The molecule has 1 aromatic rings. The van der Waals surface area contributed by atoms with Crippen molar-refractivity contribution < 1.29 is 13.2 Å². The van der Waals surface area contributed by atoms with Gasteiger partial charge >= 0.3 is 0 Å². The van der Waals surface area contributed by atoms with E-state index in [1.165, 1.54) is 18.2 Å². The minimum atomic E-state index is -3.73. The number of nitrogens with zero attached hydrogens (tertiary/aromatic N) is 1. The molecular weight excluding hydrogens is 395 g/mol. The van der Waals surface area contributed by atoms with Crippen molar-refractivity contribution in [3.05, 3.63) is 28.2 Å². The van der Waals surface area contributed by atoms with Gasteiger partial charge in [-0.05, 0) is 36.5 Å². The fourth-order valence-corrected chi connectivity index (χ4v) is 4.80. The number of anilines is 1. The summed E-state index contributed by atoms with van der Waals surface area (Å²) in [5.41, 5.74) is 0.276. The van der Waals surface area contributed by atoms with Crippen molar-refractivity contribution in [3.8, 4) is 0 Å². The molecule has 1 rings (SSSR count). The number of hydrogen-bond acceptors (Lipinski definition) is 3. The molecule has 0 bridgehead atoms. The van der Waals surface area contributed by atoms with E-state index in [1.807, 2.05) is 27.7 Å². The number of nitrogens with one attached hydrogen (secondary N) is 1. The Bertz CT molecular complexity index is 708. The Morgan fingerprint density at radius 3 is 1.88 bits per heavy atom. The van der Waals surface area contributed by atoms with Crippen LogP contribution in [0.1, 0.15) is 41.0 Å². The molecule has 1 amide bonds. The number of benzene rings is 1. The Balaban J connectivity index is 3.32. The van der Waals surface area contributed by atoms with Crippen LogP contribution in [-0.4, -0.2) is 32.7 Å². The summed E-state index contributed by atoms with van der Waals surface area (Å²) in [5, 5.41) is 3.62. The van der Waals surface area contributed by atoms with E-state index in [-0.39, 0.29) is 29.5 Å². The summed E-state index contributed by atoms with van der Waals surface area (Å²) in [5.74, 6) is 0.119. The summed E-state index contributed by atoms with van der Waals surface area (Å²) >= 11 is 12.1. The van der Waals surface area contributed by atoms with Crippen LogP contribution in [-0.2, 0) is 14.8 Å². The maximum Gasteiger partial charge on any atom is 0.244 e. The second-order valence-electron chi connectivity index (χ2n) is 7.13. The van der Waals surface area contributed by atoms with Crippen molar-refractivity contribution in [2.24, 2.45) is 11.8 Å². The second kappa shape index (κ2) is 9.29. The van der Waals surface area contributed by atoms with Crippen LogP contribution in [0.15, 0.2) is 18.2 Å². The molecule has 8 heteroatoms. The number of hydrogen-bond donors (Lipinski definition) is 1. The Labute approximate surface area is 167 Å². The lowest BCUT2D eigenvalue weighted by Gasteiger charge is -2.33. The molecule has 0 aliphatic carbocycles. The molecule has 0 aliphatic heterocycles. The van der Waals surface area contributed by atoms with Crippen LogP contribution in [0, 0.1) is 11.8 Å². The lowest BCUT2D eigenvalue weighted by atomic mass is 9.93. The van der Waals surface area contributed by atoms with Gasteiger partial charge < -0.3 is 5.32 Å². The molecule has 0 unspecified atom stereocenters. The Hall–Kier alpha value is -0.980. The highest BCUT2D eigenvalue weighted by Gasteiger charge is 2.33. The van der Waals surface area contributed by atoms with E-state index in [2.05, 4.69) is 5.32 Å². The summed E-state index contributed by atoms with van der Waals surface area (Å²) in [6, 6.07) is 3.56. The fourth-order valence-electron chi connectivity index (χ4n) is 3.09. The first-order valence-electron chi connectivity index (χ1n) is 8.64. The van der Waals surface area contributed by atoms with Crippen LogP contribution in [0.3, 0.4) is 0 Å². The first kappa shape index (κ1) is 23.1. The van der Waals surface area contributed by atoms with Crippen molar-refractivity contribution >= 4 is 44.8 Å². The maximum atomic E-state index is 12.9. The van der Waals surface area contributed by atoms with Crippen molar-refractivity contribution in [2.75, 3.05) is 10.6 Å². The summed E-state index contributed by atoms with van der Waals surface area (Å²) in [7, 11) is -3.73. The van der Waals surface area contributed by atoms with Gasteiger partial charge in [0.05, 0.1) is 11.9 Å². The Morgan fingerprint density at radius 2 is 1.54 bits per heavy atom. The lowest BCUT2D eigenvalue weighted by molar-refractivity contribution is -0.123. The zero-order valence-electron chi connectivity index (χ0n) is 16.1. The number of carbonyl (C=O) groups is 1. The van der Waals surface area contributed by atoms with E-state index in [0.717, 1.165) is 10.6 Å². The van der Waals surface area contributed by atoms with Gasteiger partial charge in [0, 0.05) is 16.1 Å². The topological polar surface area (TPSA) is 66.5 Å². The molecule has 1 N–H and O–H groups in total. The van der Waals surface area contributed by atoms with E-state index in [0.29, 0.717) is 16.5 Å². The third kappa shape index (κ3) is 6.03. The molecule has 148 valence electrons. The van der Waals surface area contributed by atoms with Gasteiger partial charge in [0.25, 0.3) is 0 Å². The number of sulfonamides is 1. The predicted molar refractivity (Wildman–Crippen MR) is 109 cm³/mol. The van der Waals surface area contributed by atoms with E-state index in [1.54, 1.807) is 6.92 Å². The SMILES string of the molecule is CC[C@@H](C(=O)NC(C(C)C)C(C)C)N(c1cc(Cl)cc(Cl)c1)S(C)(=O)=O. The first-order chi connectivity index (χ1) is 11.9. The van der Waals surface area contributed by atoms with Crippen LogP contribution in [0.2, 0.25) is 10.0 Å². The second-order valence-corrected chi connectivity index (χ2v) is 9.87. The molecule has 0 aromatic heterocycles. The molecule has 0 radical (unpaired) electrons. The summed E-state index contributed by atoms with van der Waals surface area (Å²) in [4.78, 5) is 12.9. The van der Waals surface area contributed by atoms with Crippen molar-refractivity contribution in [3.63, 3.8) is 0 Å². The molecule has 26 heavy (non-hydrogen) atoms. The number of rotatable bonds is 8. The molecule has 0 spiro atoms. The number of amides is 1. The molecule has 0 heterocycles. The van der Waals surface area contributed by atoms with Crippen molar-refractivity contribution in [2.45, 2.75) is 53.1 Å². The Morgan fingerprint density at radius 1 is 1.08 bits per heavy atom. The van der Waals surface area contributed by atoms with Crippen LogP contribution in [0.25, 0.3) is 0 Å². The maximum absolute atomic E-state index is 12.9. The lowest BCUT2D eigenvalue weighted by Crippen LogP contribution is -2.53. The fraction of sp³-hybridized carbons (Fsp3) is 0.611. The van der Waals surface area contributed by atoms with Gasteiger partial charge in [0.15, 0.2) is 0 Å². The van der Waals surface area contributed by atoms with Gasteiger partial charge in [-0.3, -0.25) is 9.10 Å². The van der Waals surface area contributed by atoms with E-state index < -0.39 is 16.1 Å². The van der Waals surface area contributed by atoms with Crippen LogP contribution in [0.4, 0.5) is 5.69 Å². The zero-order valence-corrected chi connectivity index (χ0v) is 18.4. The Kier molecular flexibility index (Phi) is 8.24. The molecule has 5 nitrogen and oxygen atoms in total. The highest BCUT2D eigenvalue weighted by Crippen LogP contribution is 2.29. The molecule has 1 atom stereocenters. The number of halogens is 2. The van der Waals surface area contributed by atoms with E-state index in [9.17, 15) is 13.2 Å². The first-order valence-corrected chi connectivity index (χ1v) is 11.2. The van der Waals surface area contributed by atoms with Crippen molar-refractivity contribution in [1.29, 1.82) is 0 Å². The van der Waals surface area contributed by atoms with Gasteiger partial charge in [0.2, 0.25) is 15.9 Å². The smallest absolute Gasteiger partial charge is 0.244 e. The van der Waals surface area contributed by atoms with E-state index in [4.69, 9.17) is 23.2 Å². The van der Waals surface area contributed by atoms with Gasteiger partial charge in [-0.15, -0.1) is 0 Å². The zero-order chi connectivity index (χ0) is 20.2. The molecule has 0 saturated carbocycles. The monoisotopic (exact) mass is 422 g/mol. The van der Waals surface area contributed by atoms with Gasteiger partial charge in [-0.2, -0.15) is 0 Å². The molecule has 0 fully saturated rings. The van der Waals surface area contributed by atoms with Crippen LogP contribution >= 0.6 is 23.2 Å². The average molecular weight is 423 g/mol. The molecule has 0 aliphatic rings. The van der Waals surface area contributed by atoms with E-state index >= 15 is 0 Å². The minimum Gasteiger partial charge on any atom is -0.351 e. The third-order valence-corrected chi connectivity index (χ3v) is 5.79. The quantitative estimate of drug-likeness (QED) is 0.677. The summed E-state index contributed by atoms with van der Waals surface area (Å²) < 4.78 is 26.0. The summed E-state index contributed by atoms with van der Waals surface area (Å²) in [6.07, 6.45) is 1.38. The van der Waals surface area contributed by atoms with Gasteiger partial charge in [-0.1, -0.05) is 57.8 Å². The minimum absolute atomic E-state index is 0.0547. The van der Waals surface area contributed by atoms with Crippen LogP contribution < -0.4 is 9.62 Å². The van der Waals surface area contributed by atoms with Gasteiger partial charge in [-0.25, -0.2) is 8.42 Å².